The number of benzene rings is 1. The van der Waals surface area contributed by atoms with Crippen LogP contribution >= 0.6 is 0 Å². The van der Waals surface area contributed by atoms with Crippen LogP contribution in [0.3, 0.4) is 0 Å². The maximum Gasteiger partial charge on any atom is 0.258 e. The lowest BCUT2D eigenvalue weighted by molar-refractivity contribution is -0.130. The molecule has 1 saturated heterocycles. The van der Waals surface area contributed by atoms with Crippen molar-refractivity contribution in [3.05, 3.63) is 24.3 Å². The summed E-state index contributed by atoms with van der Waals surface area (Å²) in [6, 6.07) is 7.11. The lowest BCUT2D eigenvalue weighted by atomic mass is 10.2. The Bertz CT molecular complexity index is 529. The van der Waals surface area contributed by atoms with E-state index in [0.717, 1.165) is 12.8 Å². The lowest BCUT2D eigenvalue weighted by Crippen LogP contribution is -2.40. The molecule has 7 nitrogen and oxygen atoms in total. The molecule has 2 N–H and O–H groups in total. The number of rotatable bonds is 8. The molecule has 1 aliphatic rings. The quantitative estimate of drug-likeness (QED) is 0.680. The molecule has 0 spiro atoms. The van der Waals surface area contributed by atoms with Crippen LogP contribution in [0.1, 0.15) is 12.8 Å². The van der Waals surface area contributed by atoms with Crippen LogP contribution in [0.4, 0.5) is 0 Å². The van der Waals surface area contributed by atoms with E-state index in [4.69, 9.17) is 14.2 Å². The second-order valence-electron chi connectivity index (χ2n) is 5.08. The fourth-order valence-corrected chi connectivity index (χ4v) is 2.22. The highest BCUT2D eigenvalue weighted by Crippen LogP contribution is 2.25. The minimum Gasteiger partial charge on any atom is -0.493 e. The van der Waals surface area contributed by atoms with Crippen LogP contribution < -0.4 is 20.1 Å². The van der Waals surface area contributed by atoms with E-state index in [2.05, 4.69) is 10.6 Å². The number of ether oxygens (including phenoxy) is 3. The Morgan fingerprint density at radius 2 is 1.96 bits per heavy atom. The van der Waals surface area contributed by atoms with Gasteiger partial charge >= 0.3 is 0 Å². The predicted octanol–water partition coefficient (Wildman–Crippen LogP) is 0.485. The molecule has 1 aromatic rings. The first-order valence-corrected chi connectivity index (χ1v) is 7.62. The highest BCUT2D eigenvalue weighted by Gasteiger charge is 2.22. The first kappa shape index (κ1) is 17.1. The average Bonchev–Trinajstić information content (AvgIpc) is 3.11. The smallest absolute Gasteiger partial charge is 0.258 e. The predicted molar refractivity (Wildman–Crippen MR) is 83.5 cm³/mol. The molecule has 1 atom stereocenters. The number of amides is 2. The van der Waals surface area contributed by atoms with Gasteiger partial charge in [0.2, 0.25) is 5.91 Å². The molecular weight excluding hydrogens is 300 g/mol. The second kappa shape index (κ2) is 8.99. The van der Waals surface area contributed by atoms with Gasteiger partial charge in [-0.2, -0.15) is 0 Å². The minimum absolute atomic E-state index is 0.111. The van der Waals surface area contributed by atoms with Crippen molar-refractivity contribution >= 4 is 11.8 Å². The maximum atomic E-state index is 11.7. The molecule has 0 saturated carbocycles. The number of carbonyl (C=O) groups is 2. The van der Waals surface area contributed by atoms with E-state index < -0.39 is 0 Å². The molecule has 23 heavy (non-hydrogen) atoms. The van der Waals surface area contributed by atoms with Gasteiger partial charge in [0.1, 0.15) is 6.10 Å². The van der Waals surface area contributed by atoms with Gasteiger partial charge in [-0.25, -0.2) is 0 Å². The number of nitrogens with one attached hydrogen (secondary N) is 2. The Labute approximate surface area is 135 Å². The van der Waals surface area contributed by atoms with Crippen LogP contribution in [0.25, 0.3) is 0 Å². The topological polar surface area (TPSA) is 85.9 Å². The van der Waals surface area contributed by atoms with E-state index >= 15 is 0 Å². The molecule has 2 amide bonds. The zero-order chi connectivity index (χ0) is 16.5. The zero-order valence-corrected chi connectivity index (χ0v) is 13.2. The summed E-state index contributed by atoms with van der Waals surface area (Å²) >= 11 is 0. The third kappa shape index (κ3) is 5.45. The summed E-state index contributed by atoms with van der Waals surface area (Å²) in [4.78, 5) is 23.4. The molecule has 2 rings (SSSR count). The summed E-state index contributed by atoms with van der Waals surface area (Å²) in [5.41, 5.74) is 0. The third-order valence-electron chi connectivity index (χ3n) is 3.40. The molecule has 1 aromatic carbocycles. The van der Waals surface area contributed by atoms with E-state index in [1.807, 2.05) is 6.07 Å². The summed E-state index contributed by atoms with van der Waals surface area (Å²) in [6.45, 7) is 1.22. The van der Waals surface area contributed by atoms with Crippen LogP contribution in [0.2, 0.25) is 0 Å². The fraction of sp³-hybridized carbons (Fsp3) is 0.500. The van der Waals surface area contributed by atoms with Gasteiger partial charge in [0.05, 0.1) is 7.11 Å². The lowest BCUT2D eigenvalue weighted by Gasteiger charge is -2.12. The summed E-state index contributed by atoms with van der Waals surface area (Å²) in [5, 5.41) is 5.41. The van der Waals surface area contributed by atoms with Crippen LogP contribution in [0.5, 0.6) is 11.5 Å². The van der Waals surface area contributed by atoms with Crippen molar-refractivity contribution in [1.29, 1.82) is 0 Å². The fourth-order valence-electron chi connectivity index (χ4n) is 2.22. The largest absolute Gasteiger partial charge is 0.493 e. The van der Waals surface area contributed by atoms with Gasteiger partial charge in [-0.05, 0) is 25.0 Å². The van der Waals surface area contributed by atoms with Crippen LogP contribution in [0, 0.1) is 0 Å². The molecule has 1 aliphatic heterocycles. The Balaban J connectivity index is 1.60. The normalized spacial score (nSPS) is 16.7. The highest BCUT2D eigenvalue weighted by molar-refractivity contribution is 5.81. The number of hydrogen-bond donors (Lipinski definition) is 2. The SMILES string of the molecule is COc1ccccc1OCC(=O)NCCNC(=O)C1CCCO1. The molecule has 0 bridgehead atoms. The minimum atomic E-state index is -0.348. The Morgan fingerprint density at radius 1 is 1.22 bits per heavy atom. The van der Waals surface area contributed by atoms with Gasteiger partial charge in [-0.3, -0.25) is 9.59 Å². The summed E-state index contributed by atoms with van der Waals surface area (Å²) in [7, 11) is 1.54. The Morgan fingerprint density at radius 3 is 2.65 bits per heavy atom. The standard InChI is InChI=1S/C16H22N2O5/c1-21-12-5-2-3-6-13(12)23-11-15(19)17-8-9-18-16(20)14-7-4-10-22-14/h2-3,5-6,14H,4,7-11H2,1H3,(H,17,19)(H,18,20). The van der Waals surface area contributed by atoms with E-state index in [1.165, 1.54) is 0 Å². The molecule has 1 heterocycles. The zero-order valence-electron chi connectivity index (χ0n) is 13.2. The molecular formula is C16H22N2O5. The van der Waals surface area contributed by atoms with Crippen LogP contribution in [-0.4, -0.2) is 51.3 Å². The monoisotopic (exact) mass is 322 g/mol. The van der Waals surface area contributed by atoms with Crippen molar-refractivity contribution in [3.63, 3.8) is 0 Å². The number of methoxy groups -OCH3 is 1. The molecule has 126 valence electrons. The summed E-state index contributed by atoms with van der Waals surface area (Å²) in [6.07, 6.45) is 1.32. The van der Waals surface area contributed by atoms with Crippen molar-refractivity contribution < 1.29 is 23.8 Å². The van der Waals surface area contributed by atoms with Crippen molar-refractivity contribution in [2.75, 3.05) is 33.4 Å². The molecule has 1 fully saturated rings. The average molecular weight is 322 g/mol. The van der Waals surface area contributed by atoms with Gasteiger partial charge in [0.25, 0.3) is 5.91 Å². The molecule has 7 heteroatoms. The van der Waals surface area contributed by atoms with Gasteiger partial charge in [0, 0.05) is 19.7 Å². The van der Waals surface area contributed by atoms with Crippen molar-refractivity contribution in [1.82, 2.24) is 10.6 Å². The van der Waals surface area contributed by atoms with E-state index in [1.54, 1.807) is 25.3 Å². The highest BCUT2D eigenvalue weighted by atomic mass is 16.5. The molecule has 0 aromatic heterocycles. The van der Waals surface area contributed by atoms with Crippen molar-refractivity contribution in [2.24, 2.45) is 0 Å². The first-order chi connectivity index (χ1) is 11.2. The van der Waals surface area contributed by atoms with Gasteiger partial charge in [-0.15, -0.1) is 0 Å². The molecule has 0 radical (unpaired) electrons. The first-order valence-electron chi connectivity index (χ1n) is 7.62. The Kier molecular flexibility index (Phi) is 6.68. The van der Waals surface area contributed by atoms with Gasteiger partial charge < -0.3 is 24.8 Å². The van der Waals surface area contributed by atoms with Crippen molar-refractivity contribution in [3.8, 4) is 11.5 Å². The van der Waals surface area contributed by atoms with E-state index in [0.29, 0.717) is 31.2 Å². The number of carbonyl (C=O) groups excluding carboxylic acids is 2. The van der Waals surface area contributed by atoms with Crippen LogP contribution in [-0.2, 0) is 14.3 Å². The van der Waals surface area contributed by atoms with Gasteiger partial charge in [0.15, 0.2) is 18.1 Å². The number of hydrogen-bond acceptors (Lipinski definition) is 5. The molecule has 0 aliphatic carbocycles. The van der Waals surface area contributed by atoms with Crippen LogP contribution in [0.15, 0.2) is 24.3 Å². The summed E-state index contributed by atoms with van der Waals surface area (Å²) < 4.78 is 15.8. The molecule has 1 unspecified atom stereocenters. The Hall–Kier alpha value is -2.28. The number of para-hydroxylation sites is 2. The van der Waals surface area contributed by atoms with Gasteiger partial charge in [-0.1, -0.05) is 12.1 Å². The maximum absolute atomic E-state index is 11.7. The van der Waals surface area contributed by atoms with E-state index in [9.17, 15) is 9.59 Å². The third-order valence-corrected chi connectivity index (χ3v) is 3.40. The second-order valence-corrected chi connectivity index (χ2v) is 5.08. The summed E-state index contributed by atoms with van der Waals surface area (Å²) in [5.74, 6) is 0.699. The van der Waals surface area contributed by atoms with E-state index in [-0.39, 0.29) is 24.5 Å². The van der Waals surface area contributed by atoms with Crippen molar-refractivity contribution in [2.45, 2.75) is 18.9 Å².